The van der Waals surface area contributed by atoms with Crippen LogP contribution in [0.15, 0.2) is 48.6 Å². The van der Waals surface area contributed by atoms with Crippen LogP contribution in [0.3, 0.4) is 0 Å². The molecule has 0 aromatic rings. The van der Waals surface area contributed by atoms with Crippen molar-refractivity contribution in [3.8, 4) is 0 Å². The molecular weight excluding hydrogens is 316 g/mol. The van der Waals surface area contributed by atoms with Gasteiger partial charge in [-0.05, 0) is 38.5 Å². The molecule has 0 bridgehead atoms. The van der Waals surface area contributed by atoms with Gasteiger partial charge in [0, 0.05) is 6.42 Å². The van der Waals surface area contributed by atoms with Crippen LogP contribution in [-0.4, -0.2) is 36.5 Å². The number of ether oxygens (including phenoxy) is 2. The minimum Gasteiger partial charge on any atom is -0.469 e. The van der Waals surface area contributed by atoms with Crippen LogP contribution in [0.1, 0.15) is 51.9 Å². The second kappa shape index (κ2) is 13.6. The van der Waals surface area contributed by atoms with Gasteiger partial charge in [0.25, 0.3) is 0 Å². The number of allylic oxidation sites excluding steroid dienone is 6. The highest BCUT2D eigenvalue weighted by molar-refractivity contribution is 5.69. The molecule has 0 saturated carbocycles. The zero-order chi connectivity index (χ0) is 18.3. The van der Waals surface area contributed by atoms with Gasteiger partial charge in [-0.15, -0.1) is 0 Å². The lowest BCUT2D eigenvalue weighted by molar-refractivity contribution is -0.140. The highest BCUT2D eigenvalue weighted by atomic mass is 16.6. The third kappa shape index (κ3) is 10.7. The van der Waals surface area contributed by atoms with Gasteiger partial charge in [-0.1, -0.05) is 55.5 Å². The Morgan fingerprint density at radius 1 is 1.12 bits per heavy atom. The van der Waals surface area contributed by atoms with E-state index in [4.69, 9.17) is 4.74 Å². The van der Waals surface area contributed by atoms with Crippen LogP contribution in [0.5, 0.6) is 0 Å². The van der Waals surface area contributed by atoms with E-state index in [9.17, 15) is 9.90 Å². The second-order valence-corrected chi connectivity index (χ2v) is 6.06. The van der Waals surface area contributed by atoms with E-state index >= 15 is 0 Å². The zero-order valence-corrected chi connectivity index (χ0v) is 15.5. The van der Waals surface area contributed by atoms with Crippen LogP contribution in [-0.2, 0) is 14.3 Å². The fraction of sp³-hybridized carbons (Fsp3) is 0.571. The summed E-state index contributed by atoms with van der Waals surface area (Å²) in [6.45, 7) is 2.12. The van der Waals surface area contributed by atoms with E-state index in [0.29, 0.717) is 6.42 Å². The topological polar surface area (TPSA) is 59.1 Å². The molecule has 4 heteroatoms. The number of hydrogen-bond acceptors (Lipinski definition) is 4. The lowest BCUT2D eigenvalue weighted by Gasteiger charge is -1.99. The maximum atomic E-state index is 10.9. The van der Waals surface area contributed by atoms with E-state index in [2.05, 4.69) is 36.0 Å². The van der Waals surface area contributed by atoms with Crippen LogP contribution in [0.2, 0.25) is 0 Å². The molecule has 1 saturated heterocycles. The monoisotopic (exact) mass is 348 g/mol. The fourth-order valence-corrected chi connectivity index (χ4v) is 2.40. The number of rotatable bonds is 13. The zero-order valence-electron chi connectivity index (χ0n) is 15.5. The summed E-state index contributed by atoms with van der Waals surface area (Å²) < 4.78 is 10.1. The summed E-state index contributed by atoms with van der Waals surface area (Å²) in [5, 5.41) is 10.0. The number of epoxide rings is 1. The molecule has 0 spiro atoms. The molecule has 25 heavy (non-hydrogen) atoms. The van der Waals surface area contributed by atoms with Gasteiger partial charge in [-0.2, -0.15) is 0 Å². The minimum absolute atomic E-state index is 0.0730. The molecular formula is C21H32O4. The summed E-state index contributed by atoms with van der Waals surface area (Å²) in [4.78, 5) is 10.9. The summed E-state index contributed by atoms with van der Waals surface area (Å²) in [5.41, 5.74) is 0. The van der Waals surface area contributed by atoms with Gasteiger partial charge in [0.05, 0.1) is 13.2 Å². The van der Waals surface area contributed by atoms with Crippen LogP contribution < -0.4 is 0 Å². The Morgan fingerprint density at radius 2 is 1.84 bits per heavy atom. The van der Waals surface area contributed by atoms with Crippen molar-refractivity contribution in [2.24, 2.45) is 0 Å². The predicted molar refractivity (Wildman–Crippen MR) is 101 cm³/mol. The number of unbranched alkanes of at least 4 members (excludes halogenated alkanes) is 1. The quantitative estimate of drug-likeness (QED) is 0.234. The van der Waals surface area contributed by atoms with Gasteiger partial charge >= 0.3 is 5.97 Å². The Kier molecular flexibility index (Phi) is 11.7. The minimum atomic E-state index is -0.536. The second-order valence-electron chi connectivity index (χ2n) is 6.06. The largest absolute Gasteiger partial charge is 0.469 e. The first-order valence-corrected chi connectivity index (χ1v) is 9.21. The molecule has 1 heterocycles. The highest BCUT2D eigenvalue weighted by Gasteiger charge is 2.42. The van der Waals surface area contributed by atoms with Gasteiger partial charge in [0.15, 0.2) is 0 Å². The Hall–Kier alpha value is -1.65. The summed E-state index contributed by atoms with van der Waals surface area (Å²) in [7, 11) is 1.41. The molecule has 1 fully saturated rings. The first-order chi connectivity index (χ1) is 12.2. The number of hydrogen-bond donors (Lipinski definition) is 1. The van der Waals surface area contributed by atoms with E-state index in [0.717, 1.165) is 38.5 Å². The van der Waals surface area contributed by atoms with Crippen molar-refractivity contribution in [2.75, 3.05) is 7.11 Å². The lowest BCUT2D eigenvalue weighted by Crippen LogP contribution is -2.13. The average Bonchev–Trinajstić information content (AvgIpc) is 3.39. The standard InChI is InChI=1S/C21H32O4/c1-3-4-5-6-10-13-16-19-21(25-19)18(22)15-12-9-7-8-11-14-17-20(23)24-2/h4-5,7-8,10,12-13,15,18-19,21-22H,3,6,9,11,14,16-17H2,1-2H3/b5-4-,8-7-,13-10-,15-12-/t18-,19+,21+/m0/s1. The summed E-state index contributed by atoms with van der Waals surface area (Å²) in [6.07, 6.45) is 21.7. The maximum absolute atomic E-state index is 10.9. The molecule has 1 aliphatic heterocycles. The van der Waals surface area contributed by atoms with Crippen LogP contribution in [0.4, 0.5) is 0 Å². The molecule has 0 aromatic heterocycles. The van der Waals surface area contributed by atoms with Crippen LogP contribution in [0, 0.1) is 0 Å². The fourth-order valence-electron chi connectivity index (χ4n) is 2.40. The molecule has 0 unspecified atom stereocenters. The van der Waals surface area contributed by atoms with Crippen molar-refractivity contribution in [3.05, 3.63) is 48.6 Å². The van der Waals surface area contributed by atoms with Crippen molar-refractivity contribution in [1.29, 1.82) is 0 Å². The molecule has 0 aromatic carbocycles. The van der Waals surface area contributed by atoms with E-state index < -0.39 is 6.10 Å². The lowest BCUT2D eigenvalue weighted by atomic mass is 10.1. The summed E-state index contributed by atoms with van der Waals surface area (Å²) >= 11 is 0. The number of aliphatic hydroxyl groups excluding tert-OH is 1. The smallest absolute Gasteiger partial charge is 0.305 e. The number of esters is 1. The molecule has 0 aliphatic carbocycles. The molecule has 3 atom stereocenters. The van der Waals surface area contributed by atoms with Crippen molar-refractivity contribution < 1.29 is 19.4 Å². The van der Waals surface area contributed by atoms with Gasteiger partial charge < -0.3 is 14.6 Å². The maximum Gasteiger partial charge on any atom is 0.305 e. The van der Waals surface area contributed by atoms with E-state index in [1.54, 1.807) is 6.08 Å². The molecule has 1 N–H and O–H groups in total. The summed E-state index contributed by atoms with van der Waals surface area (Å²) in [5.74, 6) is -0.164. The number of methoxy groups -OCH3 is 1. The summed E-state index contributed by atoms with van der Waals surface area (Å²) in [6, 6.07) is 0. The van der Waals surface area contributed by atoms with Crippen molar-refractivity contribution in [2.45, 2.75) is 70.2 Å². The highest BCUT2D eigenvalue weighted by Crippen LogP contribution is 2.29. The number of carbonyl (C=O) groups excluding carboxylic acids is 1. The van der Waals surface area contributed by atoms with Crippen molar-refractivity contribution in [1.82, 2.24) is 0 Å². The Morgan fingerprint density at radius 3 is 2.60 bits per heavy atom. The van der Waals surface area contributed by atoms with Gasteiger partial charge in [0.1, 0.15) is 12.2 Å². The SMILES string of the molecule is CC/C=C\C/C=C\C[C@H]1O[C@@H]1[C@@H](O)/C=C\C/C=C\CCCC(=O)OC. The molecule has 140 valence electrons. The molecule has 1 aliphatic rings. The van der Waals surface area contributed by atoms with Gasteiger partial charge in [0.2, 0.25) is 0 Å². The third-order valence-corrected chi connectivity index (χ3v) is 3.92. The Labute approximate surface area is 151 Å². The molecule has 0 amide bonds. The van der Waals surface area contributed by atoms with E-state index in [-0.39, 0.29) is 18.2 Å². The van der Waals surface area contributed by atoms with E-state index in [1.165, 1.54) is 7.11 Å². The first-order valence-electron chi connectivity index (χ1n) is 9.21. The molecule has 4 nitrogen and oxygen atoms in total. The van der Waals surface area contributed by atoms with E-state index in [1.807, 2.05) is 18.2 Å². The first kappa shape index (κ1) is 21.4. The average molecular weight is 348 g/mol. The van der Waals surface area contributed by atoms with Crippen LogP contribution in [0.25, 0.3) is 0 Å². The molecule has 0 radical (unpaired) electrons. The Bertz CT molecular complexity index is 476. The van der Waals surface area contributed by atoms with Gasteiger partial charge in [-0.25, -0.2) is 0 Å². The third-order valence-electron chi connectivity index (χ3n) is 3.92. The van der Waals surface area contributed by atoms with Crippen LogP contribution >= 0.6 is 0 Å². The number of carbonyl (C=O) groups is 1. The van der Waals surface area contributed by atoms with Crippen molar-refractivity contribution in [3.63, 3.8) is 0 Å². The predicted octanol–water partition coefficient (Wildman–Crippen LogP) is 4.26. The van der Waals surface area contributed by atoms with Crippen molar-refractivity contribution >= 4 is 5.97 Å². The number of aliphatic hydroxyl groups is 1. The molecule has 1 rings (SSSR count). The van der Waals surface area contributed by atoms with Gasteiger partial charge in [-0.3, -0.25) is 4.79 Å². The normalized spacial score (nSPS) is 21.7. The Balaban J connectivity index is 2.06.